The van der Waals surface area contributed by atoms with E-state index in [1.54, 1.807) is 56.5 Å². The van der Waals surface area contributed by atoms with Crippen molar-refractivity contribution in [2.24, 2.45) is 0 Å². The summed E-state index contributed by atoms with van der Waals surface area (Å²) in [6, 6.07) is 11.9. The van der Waals surface area contributed by atoms with E-state index in [4.69, 9.17) is 14.2 Å². The maximum Gasteiger partial charge on any atom is 0.282 e. The third-order valence-electron chi connectivity index (χ3n) is 4.76. The zero-order valence-corrected chi connectivity index (χ0v) is 16.8. The quantitative estimate of drug-likeness (QED) is 0.644. The maximum absolute atomic E-state index is 12.6. The molecule has 0 radical (unpaired) electrons. The molecule has 0 bridgehead atoms. The van der Waals surface area contributed by atoms with Crippen molar-refractivity contribution in [1.29, 1.82) is 0 Å². The Morgan fingerprint density at radius 1 is 1.03 bits per heavy atom. The Hall–Kier alpha value is -3.26. The molecule has 1 unspecified atom stereocenters. The van der Waals surface area contributed by atoms with Gasteiger partial charge in [0.2, 0.25) is 0 Å². The van der Waals surface area contributed by atoms with Crippen LogP contribution in [0, 0.1) is 0 Å². The van der Waals surface area contributed by atoms with Gasteiger partial charge in [0.25, 0.3) is 11.8 Å². The number of rotatable bonds is 7. The second-order valence-corrected chi connectivity index (χ2v) is 6.87. The number of methoxy groups -OCH3 is 1. The fourth-order valence-corrected chi connectivity index (χ4v) is 2.88. The fourth-order valence-electron chi connectivity index (χ4n) is 2.88. The minimum atomic E-state index is -0.426. The van der Waals surface area contributed by atoms with Gasteiger partial charge < -0.3 is 29.7 Å². The summed E-state index contributed by atoms with van der Waals surface area (Å²) in [5.41, 5.74) is 1.30. The highest BCUT2D eigenvalue weighted by molar-refractivity contribution is 5.95. The number of fused-ring (bicyclic) bond motifs is 1. The number of likely N-dealkylation sites (N-methyl/N-ethyl adjacent to an activating group) is 1. The number of carbonyl (C=O) groups is 2. The maximum atomic E-state index is 12.6. The van der Waals surface area contributed by atoms with Gasteiger partial charge >= 0.3 is 0 Å². The molecule has 2 atom stereocenters. The van der Waals surface area contributed by atoms with Crippen LogP contribution in [0.25, 0.3) is 0 Å². The van der Waals surface area contributed by atoms with Crippen LogP contribution in [0.15, 0.2) is 42.5 Å². The van der Waals surface area contributed by atoms with Crippen molar-refractivity contribution in [1.82, 2.24) is 0 Å². The van der Waals surface area contributed by atoms with Gasteiger partial charge in [-0.3, -0.25) is 9.59 Å². The van der Waals surface area contributed by atoms with Crippen molar-refractivity contribution in [3.63, 3.8) is 0 Å². The van der Waals surface area contributed by atoms with E-state index in [2.05, 4.69) is 10.6 Å². The summed E-state index contributed by atoms with van der Waals surface area (Å²) in [6.07, 6.45) is 0. The van der Waals surface area contributed by atoms with Crippen LogP contribution in [-0.2, 0) is 9.59 Å². The molecular weight excluding hydrogens is 374 g/mol. The molecule has 2 aromatic carbocycles. The summed E-state index contributed by atoms with van der Waals surface area (Å²) >= 11 is 0. The van der Waals surface area contributed by atoms with Crippen LogP contribution >= 0.6 is 0 Å². The van der Waals surface area contributed by atoms with Gasteiger partial charge in [-0.05, 0) is 43.3 Å². The molecule has 8 heteroatoms. The molecule has 1 heterocycles. The average Bonchev–Trinajstić information content (AvgIpc) is 2.73. The number of ether oxygens (including phenoxy) is 3. The smallest absolute Gasteiger partial charge is 0.282 e. The predicted molar refractivity (Wildman–Crippen MR) is 109 cm³/mol. The van der Waals surface area contributed by atoms with E-state index < -0.39 is 6.04 Å². The summed E-state index contributed by atoms with van der Waals surface area (Å²) < 4.78 is 16.1. The third-order valence-corrected chi connectivity index (χ3v) is 4.76. The molecule has 29 heavy (non-hydrogen) atoms. The molecule has 1 aliphatic heterocycles. The summed E-state index contributed by atoms with van der Waals surface area (Å²) in [5.74, 6) is 1.64. The topological polar surface area (TPSA) is 90.3 Å². The highest BCUT2D eigenvalue weighted by atomic mass is 16.6. The molecule has 0 aromatic heterocycles. The molecule has 0 saturated heterocycles. The van der Waals surface area contributed by atoms with E-state index in [1.165, 1.54) is 0 Å². The van der Waals surface area contributed by atoms with Gasteiger partial charge in [0.1, 0.15) is 19.0 Å². The number of hydrogen-bond donors (Lipinski definition) is 3. The number of anilines is 2. The highest BCUT2D eigenvalue weighted by Crippen LogP contribution is 2.32. The molecule has 3 rings (SSSR count). The first kappa shape index (κ1) is 20.5. The zero-order valence-electron chi connectivity index (χ0n) is 16.8. The predicted octanol–water partition coefficient (Wildman–Crippen LogP) is 0.947. The van der Waals surface area contributed by atoms with Crippen LogP contribution in [0.4, 0.5) is 11.4 Å². The SMILES string of the molecule is COc1ccc(NC(=O)C[NH+](C)[C@@H](C)C(=O)Nc2ccc3c(c2)OCCO3)cc1. The summed E-state index contributed by atoms with van der Waals surface area (Å²) in [6.45, 7) is 2.94. The van der Waals surface area contributed by atoms with Crippen molar-refractivity contribution in [3.05, 3.63) is 42.5 Å². The molecule has 154 valence electrons. The van der Waals surface area contributed by atoms with Crippen LogP contribution in [0.3, 0.4) is 0 Å². The molecule has 0 saturated carbocycles. The summed E-state index contributed by atoms with van der Waals surface area (Å²) in [5, 5.41) is 5.69. The van der Waals surface area contributed by atoms with Crippen LogP contribution in [0.1, 0.15) is 6.92 Å². The molecule has 1 aliphatic rings. The molecule has 3 N–H and O–H groups in total. The standard InChI is InChI=1S/C21H25N3O5/c1-14(21(26)23-16-6-9-18-19(12-16)29-11-10-28-18)24(2)13-20(25)22-15-4-7-17(27-3)8-5-15/h4-9,12,14H,10-11,13H2,1-3H3,(H,22,25)(H,23,26)/p+1/t14-/m0/s1. The molecule has 2 amide bonds. The van der Waals surface area contributed by atoms with Crippen LogP contribution in [-0.4, -0.2) is 51.8 Å². The molecule has 0 spiro atoms. The van der Waals surface area contributed by atoms with E-state index >= 15 is 0 Å². The van der Waals surface area contributed by atoms with Crippen molar-refractivity contribution in [2.75, 3.05) is 44.5 Å². The first-order valence-corrected chi connectivity index (χ1v) is 9.43. The van der Waals surface area contributed by atoms with E-state index in [9.17, 15) is 9.59 Å². The number of nitrogens with one attached hydrogen (secondary N) is 3. The minimum absolute atomic E-state index is 0.155. The van der Waals surface area contributed by atoms with Gasteiger partial charge in [-0.1, -0.05) is 0 Å². The van der Waals surface area contributed by atoms with E-state index in [-0.39, 0.29) is 18.4 Å². The molecule has 2 aromatic rings. The third kappa shape index (κ3) is 5.39. The second-order valence-electron chi connectivity index (χ2n) is 6.87. The van der Waals surface area contributed by atoms with Crippen LogP contribution in [0.5, 0.6) is 17.2 Å². The molecular formula is C21H26N3O5+. The van der Waals surface area contributed by atoms with Gasteiger partial charge in [-0.2, -0.15) is 0 Å². The van der Waals surface area contributed by atoms with Crippen molar-refractivity contribution >= 4 is 23.2 Å². The van der Waals surface area contributed by atoms with Gasteiger partial charge in [-0.15, -0.1) is 0 Å². The number of quaternary nitrogens is 1. The van der Waals surface area contributed by atoms with Crippen LogP contribution in [0.2, 0.25) is 0 Å². The lowest BCUT2D eigenvalue weighted by Crippen LogP contribution is -3.14. The molecule has 8 nitrogen and oxygen atoms in total. The first-order valence-electron chi connectivity index (χ1n) is 9.43. The first-order chi connectivity index (χ1) is 14.0. The Bertz CT molecular complexity index is 869. The Balaban J connectivity index is 1.52. The Labute approximate surface area is 169 Å². The zero-order chi connectivity index (χ0) is 20.8. The lowest BCUT2D eigenvalue weighted by atomic mass is 10.2. The number of hydrogen-bond acceptors (Lipinski definition) is 5. The number of carbonyl (C=O) groups excluding carboxylic acids is 2. The molecule has 0 aliphatic carbocycles. The van der Waals surface area contributed by atoms with Gasteiger partial charge in [0.05, 0.1) is 14.2 Å². The highest BCUT2D eigenvalue weighted by Gasteiger charge is 2.24. The van der Waals surface area contributed by atoms with Crippen LogP contribution < -0.4 is 29.7 Å². The Morgan fingerprint density at radius 3 is 2.38 bits per heavy atom. The number of benzene rings is 2. The summed E-state index contributed by atoms with van der Waals surface area (Å²) in [7, 11) is 3.39. The van der Waals surface area contributed by atoms with Gasteiger partial charge in [-0.25, -0.2) is 0 Å². The van der Waals surface area contributed by atoms with E-state index in [0.717, 1.165) is 10.6 Å². The van der Waals surface area contributed by atoms with Crippen molar-refractivity contribution in [2.45, 2.75) is 13.0 Å². The van der Waals surface area contributed by atoms with Crippen molar-refractivity contribution in [3.8, 4) is 17.2 Å². The van der Waals surface area contributed by atoms with Gasteiger partial charge in [0.15, 0.2) is 24.1 Å². The lowest BCUT2D eigenvalue weighted by Gasteiger charge is -2.22. The Morgan fingerprint density at radius 2 is 1.69 bits per heavy atom. The monoisotopic (exact) mass is 400 g/mol. The second kappa shape index (κ2) is 9.29. The normalized spacial score (nSPS) is 14.4. The molecule has 0 fully saturated rings. The summed E-state index contributed by atoms with van der Waals surface area (Å²) in [4.78, 5) is 25.7. The fraction of sp³-hybridized carbons (Fsp3) is 0.333. The number of amides is 2. The van der Waals surface area contributed by atoms with E-state index in [0.29, 0.717) is 36.1 Å². The Kier molecular flexibility index (Phi) is 6.56. The van der Waals surface area contributed by atoms with Gasteiger partial charge in [0, 0.05) is 17.4 Å². The minimum Gasteiger partial charge on any atom is -0.497 e. The average molecular weight is 400 g/mol. The largest absolute Gasteiger partial charge is 0.497 e. The lowest BCUT2D eigenvalue weighted by molar-refractivity contribution is -0.885. The van der Waals surface area contributed by atoms with E-state index in [1.807, 2.05) is 7.05 Å². The van der Waals surface area contributed by atoms with Crippen molar-refractivity contribution < 1.29 is 28.7 Å².